The van der Waals surface area contributed by atoms with Crippen LogP contribution in [0.15, 0.2) is 42.5 Å². The van der Waals surface area contributed by atoms with E-state index in [2.05, 4.69) is 48.5 Å². The van der Waals surface area contributed by atoms with E-state index >= 15 is 0 Å². The molecule has 0 fully saturated rings. The molecular formula is C28H37NO4. The molecule has 0 aliphatic carbocycles. The van der Waals surface area contributed by atoms with Gasteiger partial charge in [-0.25, -0.2) is 4.79 Å². The summed E-state index contributed by atoms with van der Waals surface area (Å²) in [7, 11) is 0. The lowest BCUT2D eigenvalue weighted by atomic mass is 9.78. The van der Waals surface area contributed by atoms with Crippen LogP contribution in [-0.2, 0) is 15.6 Å². The Morgan fingerprint density at radius 2 is 1.45 bits per heavy atom. The molecule has 0 saturated carbocycles. The van der Waals surface area contributed by atoms with Gasteiger partial charge in [-0.3, -0.25) is 4.79 Å². The summed E-state index contributed by atoms with van der Waals surface area (Å²) in [4.78, 5) is 26.0. The molecule has 1 amide bonds. The van der Waals surface area contributed by atoms with Crippen LogP contribution >= 0.6 is 0 Å². The van der Waals surface area contributed by atoms with Crippen molar-refractivity contribution in [3.05, 3.63) is 64.7 Å². The maximum Gasteiger partial charge on any atom is 0.335 e. The molecule has 5 nitrogen and oxygen atoms in total. The number of carbonyl (C=O) groups excluding carboxylic acids is 1. The van der Waals surface area contributed by atoms with Crippen LogP contribution in [0.5, 0.6) is 5.75 Å². The van der Waals surface area contributed by atoms with Crippen molar-refractivity contribution in [2.24, 2.45) is 0 Å². The van der Waals surface area contributed by atoms with Crippen molar-refractivity contribution >= 4 is 23.6 Å². The predicted molar refractivity (Wildman–Crippen MR) is 135 cm³/mol. The summed E-state index contributed by atoms with van der Waals surface area (Å²) in [6.45, 7) is 14.9. The number of carboxylic acid groups (broad SMARTS) is 1. The van der Waals surface area contributed by atoms with Gasteiger partial charge >= 0.3 is 5.97 Å². The first-order chi connectivity index (χ1) is 15.3. The van der Waals surface area contributed by atoms with E-state index in [0.717, 1.165) is 29.5 Å². The first-order valence-corrected chi connectivity index (χ1v) is 11.5. The largest absolute Gasteiger partial charge is 0.507 e. The second kappa shape index (κ2) is 10.2. The van der Waals surface area contributed by atoms with E-state index < -0.39 is 5.97 Å². The molecule has 0 radical (unpaired) electrons. The second-order valence-electron chi connectivity index (χ2n) is 10.5. The van der Waals surface area contributed by atoms with Gasteiger partial charge in [0.15, 0.2) is 0 Å². The van der Waals surface area contributed by atoms with Crippen LogP contribution < -0.4 is 4.90 Å². The van der Waals surface area contributed by atoms with Crippen LogP contribution in [-0.4, -0.2) is 28.6 Å². The molecule has 2 N–H and O–H groups in total. The standard InChI is InChI=1S/C28H37NO4/c1-8-9-16-29(21-13-11-20(12-14-21)26(32)33)24(30)15-10-19-17-22(27(2,3)4)25(31)23(18-19)28(5,6)7/h10-15,17-18,31H,8-9,16H2,1-7H3,(H,32,33). The van der Waals surface area contributed by atoms with Gasteiger partial charge in [-0.2, -0.15) is 0 Å². The number of unbranched alkanes of at least 4 members (excludes halogenated alkanes) is 1. The van der Waals surface area contributed by atoms with Gasteiger partial charge in [0.25, 0.3) is 5.91 Å². The van der Waals surface area contributed by atoms with E-state index in [1.165, 1.54) is 12.1 Å². The molecule has 33 heavy (non-hydrogen) atoms. The molecule has 0 aromatic heterocycles. The van der Waals surface area contributed by atoms with Crippen LogP contribution in [0.25, 0.3) is 6.08 Å². The molecule has 2 rings (SSSR count). The van der Waals surface area contributed by atoms with Crippen LogP contribution in [0, 0.1) is 0 Å². The zero-order valence-electron chi connectivity index (χ0n) is 20.9. The summed E-state index contributed by atoms with van der Waals surface area (Å²) < 4.78 is 0. The van der Waals surface area contributed by atoms with Gasteiger partial charge in [-0.1, -0.05) is 54.9 Å². The topological polar surface area (TPSA) is 77.8 Å². The highest BCUT2D eigenvalue weighted by atomic mass is 16.4. The molecule has 178 valence electrons. The third-order valence-electron chi connectivity index (χ3n) is 5.59. The summed E-state index contributed by atoms with van der Waals surface area (Å²) >= 11 is 0. The third-order valence-corrected chi connectivity index (χ3v) is 5.59. The Labute approximate surface area is 197 Å². The van der Waals surface area contributed by atoms with Crippen molar-refractivity contribution in [3.63, 3.8) is 0 Å². The number of anilines is 1. The molecule has 2 aromatic rings. The number of aromatic hydroxyl groups is 1. The molecule has 0 heterocycles. The van der Waals surface area contributed by atoms with Gasteiger partial charge in [0.1, 0.15) is 5.75 Å². The number of carbonyl (C=O) groups is 2. The number of aromatic carboxylic acids is 1. The van der Waals surface area contributed by atoms with Crippen molar-refractivity contribution < 1.29 is 19.8 Å². The number of benzene rings is 2. The Hall–Kier alpha value is -3.08. The van der Waals surface area contributed by atoms with Crippen molar-refractivity contribution in [1.29, 1.82) is 0 Å². The molecule has 0 saturated heterocycles. The molecule has 2 aromatic carbocycles. The number of hydrogen-bond donors (Lipinski definition) is 2. The molecule has 0 unspecified atom stereocenters. The van der Waals surface area contributed by atoms with Crippen LogP contribution in [0.3, 0.4) is 0 Å². The monoisotopic (exact) mass is 451 g/mol. The maximum absolute atomic E-state index is 13.1. The van der Waals surface area contributed by atoms with Gasteiger partial charge in [-0.05, 0) is 65.3 Å². The summed E-state index contributed by atoms with van der Waals surface area (Å²) in [5, 5.41) is 20.1. The van der Waals surface area contributed by atoms with Crippen molar-refractivity contribution in [2.45, 2.75) is 72.1 Å². The number of rotatable bonds is 7. The van der Waals surface area contributed by atoms with Gasteiger partial charge in [0.2, 0.25) is 0 Å². The van der Waals surface area contributed by atoms with Gasteiger partial charge in [-0.15, -0.1) is 0 Å². The highest BCUT2D eigenvalue weighted by Gasteiger charge is 2.26. The molecule has 0 aliphatic heterocycles. The highest BCUT2D eigenvalue weighted by molar-refractivity contribution is 6.04. The lowest BCUT2D eigenvalue weighted by Crippen LogP contribution is -2.30. The molecular weight excluding hydrogens is 414 g/mol. The van der Waals surface area contributed by atoms with Crippen LogP contribution in [0.1, 0.15) is 88.4 Å². The van der Waals surface area contributed by atoms with E-state index in [1.807, 2.05) is 12.1 Å². The number of nitrogens with zero attached hydrogens (tertiary/aromatic N) is 1. The minimum atomic E-state index is -0.996. The van der Waals surface area contributed by atoms with E-state index in [1.54, 1.807) is 29.2 Å². The van der Waals surface area contributed by atoms with Gasteiger partial charge < -0.3 is 15.1 Å². The van der Waals surface area contributed by atoms with E-state index in [4.69, 9.17) is 5.11 Å². The first kappa shape index (κ1) is 26.2. The van der Waals surface area contributed by atoms with E-state index in [9.17, 15) is 14.7 Å². The number of amides is 1. The number of hydrogen-bond acceptors (Lipinski definition) is 3. The zero-order valence-corrected chi connectivity index (χ0v) is 20.9. The number of phenols is 1. The Balaban J connectivity index is 2.43. The predicted octanol–water partition coefficient (Wildman–Crippen LogP) is 6.53. The molecule has 5 heteroatoms. The average molecular weight is 452 g/mol. The highest BCUT2D eigenvalue weighted by Crippen LogP contribution is 2.40. The average Bonchev–Trinajstić information content (AvgIpc) is 2.71. The summed E-state index contributed by atoms with van der Waals surface area (Å²) in [5.41, 5.74) is 2.88. The summed E-state index contributed by atoms with van der Waals surface area (Å²) in [6, 6.07) is 10.2. The third kappa shape index (κ3) is 6.70. The van der Waals surface area contributed by atoms with Crippen LogP contribution in [0.4, 0.5) is 5.69 Å². The van der Waals surface area contributed by atoms with Crippen molar-refractivity contribution in [3.8, 4) is 5.75 Å². The lowest BCUT2D eigenvalue weighted by molar-refractivity contribution is -0.114. The minimum Gasteiger partial charge on any atom is -0.507 e. The Morgan fingerprint density at radius 1 is 0.939 bits per heavy atom. The quantitative estimate of drug-likeness (QED) is 0.469. The normalized spacial score (nSPS) is 12.2. The molecule has 0 aliphatic rings. The Bertz CT molecular complexity index is 986. The smallest absolute Gasteiger partial charge is 0.335 e. The fourth-order valence-electron chi connectivity index (χ4n) is 3.62. The fraction of sp³-hybridized carbons (Fsp3) is 0.429. The Morgan fingerprint density at radius 3 is 1.88 bits per heavy atom. The van der Waals surface area contributed by atoms with Gasteiger partial charge in [0, 0.05) is 29.4 Å². The molecule has 0 bridgehead atoms. The Kier molecular flexibility index (Phi) is 8.12. The van der Waals surface area contributed by atoms with Crippen molar-refractivity contribution in [1.82, 2.24) is 0 Å². The minimum absolute atomic E-state index is 0.172. The second-order valence-corrected chi connectivity index (χ2v) is 10.5. The van der Waals surface area contributed by atoms with Crippen LogP contribution in [0.2, 0.25) is 0 Å². The fourth-order valence-corrected chi connectivity index (χ4v) is 3.62. The summed E-state index contributed by atoms with van der Waals surface area (Å²) in [6.07, 6.45) is 5.10. The number of carboxylic acids is 1. The first-order valence-electron chi connectivity index (χ1n) is 11.5. The van der Waals surface area contributed by atoms with E-state index in [-0.39, 0.29) is 22.3 Å². The molecule has 0 spiro atoms. The maximum atomic E-state index is 13.1. The molecule has 0 atom stereocenters. The SMILES string of the molecule is CCCCN(C(=O)C=Cc1cc(C(C)(C)C)c(O)c(C(C)(C)C)c1)c1ccc(C(=O)O)cc1. The zero-order chi connectivity index (χ0) is 25.0. The lowest BCUT2D eigenvalue weighted by Gasteiger charge is -2.28. The summed E-state index contributed by atoms with van der Waals surface area (Å²) in [5.74, 6) is -0.861. The van der Waals surface area contributed by atoms with Gasteiger partial charge in [0.05, 0.1) is 5.56 Å². The number of phenolic OH excluding ortho intramolecular Hbond substituents is 1. The van der Waals surface area contributed by atoms with Crippen molar-refractivity contribution in [2.75, 3.05) is 11.4 Å². The van der Waals surface area contributed by atoms with E-state index in [0.29, 0.717) is 18.0 Å².